The molecule has 1 aromatic heterocycles. The van der Waals surface area contributed by atoms with Gasteiger partial charge in [-0.25, -0.2) is 4.98 Å². The molecule has 21 heavy (non-hydrogen) atoms. The minimum absolute atomic E-state index is 0.138. The highest BCUT2D eigenvalue weighted by Gasteiger charge is 2.05. The highest BCUT2D eigenvalue weighted by molar-refractivity contribution is 5.94. The lowest BCUT2D eigenvalue weighted by molar-refractivity contribution is 0.0955. The molecule has 0 aliphatic heterocycles. The molecule has 0 bridgehead atoms. The molecule has 0 radical (unpaired) electrons. The van der Waals surface area contributed by atoms with Gasteiger partial charge in [0.1, 0.15) is 11.6 Å². The zero-order valence-electron chi connectivity index (χ0n) is 11.8. The van der Waals surface area contributed by atoms with Crippen molar-refractivity contribution in [3.63, 3.8) is 0 Å². The van der Waals surface area contributed by atoms with Crippen LogP contribution in [0.5, 0.6) is 5.75 Å². The van der Waals surface area contributed by atoms with E-state index in [-0.39, 0.29) is 5.91 Å². The highest BCUT2D eigenvalue weighted by atomic mass is 16.5. The maximum absolute atomic E-state index is 11.9. The Morgan fingerprint density at radius 2 is 2.14 bits per heavy atom. The van der Waals surface area contributed by atoms with Crippen molar-refractivity contribution in [1.82, 2.24) is 10.3 Å². The van der Waals surface area contributed by atoms with Crippen LogP contribution in [0, 0.1) is 0 Å². The molecule has 0 unspecified atom stereocenters. The summed E-state index contributed by atoms with van der Waals surface area (Å²) in [5.41, 5.74) is 6.74. The van der Waals surface area contributed by atoms with Crippen molar-refractivity contribution in [2.24, 2.45) is 0 Å². The first kappa shape index (κ1) is 14.6. The van der Waals surface area contributed by atoms with Crippen LogP contribution >= 0.6 is 0 Å². The van der Waals surface area contributed by atoms with Crippen LogP contribution in [0.4, 0.5) is 11.5 Å². The van der Waals surface area contributed by atoms with Crippen molar-refractivity contribution >= 4 is 17.4 Å². The van der Waals surface area contributed by atoms with Gasteiger partial charge < -0.3 is 21.1 Å². The Labute approximate surface area is 123 Å². The van der Waals surface area contributed by atoms with E-state index in [1.807, 2.05) is 0 Å². The Balaban J connectivity index is 1.77. The summed E-state index contributed by atoms with van der Waals surface area (Å²) < 4.78 is 5.09. The van der Waals surface area contributed by atoms with E-state index in [2.05, 4.69) is 15.6 Å². The third kappa shape index (κ3) is 4.38. The monoisotopic (exact) mass is 286 g/mol. The number of nitrogens with one attached hydrogen (secondary N) is 2. The second-order valence-electron chi connectivity index (χ2n) is 4.39. The maximum Gasteiger partial charge on any atom is 0.251 e. The fourth-order valence-electron chi connectivity index (χ4n) is 1.74. The summed E-state index contributed by atoms with van der Waals surface area (Å²) in [4.78, 5) is 16.1. The topological polar surface area (TPSA) is 89.3 Å². The summed E-state index contributed by atoms with van der Waals surface area (Å²) in [6, 6.07) is 10.6. The van der Waals surface area contributed by atoms with E-state index in [4.69, 9.17) is 10.5 Å². The summed E-state index contributed by atoms with van der Waals surface area (Å²) in [6.45, 7) is 1.06. The minimum atomic E-state index is -0.138. The lowest BCUT2D eigenvalue weighted by atomic mass is 10.2. The molecule has 6 nitrogen and oxygen atoms in total. The number of hydrogen-bond donors (Lipinski definition) is 3. The predicted molar refractivity (Wildman–Crippen MR) is 82.5 cm³/mol. The molecule has 0 aliphatic rings. The Morgan fingerprint density at radius 1 is 1.29 bits per heavy atom. The third-order valence-corrected chi connectivity index (χ3v) is 2.83. The molecule has 0 saturated heterocycles. The fourth-order valence-corrected chi connectivity index (χ4v) is 1.74. The zero-order valence-corrected chi connectivity index (χ0v) is 11.8. The van der Waals surface area contributed by atoms with Gasteiger partial charge in [-0.15, -0.1) is 0 Å². The average molecular weight is 286 g/mol. The predicted octanol–water partition coefficient (Wildman–Crippen LogP) is 1.51. The van der Waals surface area contributed by atoms with Crippen molar-refractivity contribution < 1.29 is 9.53 Å². The van der Waals surface area contributed by atoms with Crippen LogP contribution in [-0.2, 0) is 0 Å². The number of aromatic nitrogens is 1. The molecule has 0 aliphatic carbocycles. The standard InChI is InChI=1S/C15H18N4O2/c1-21-13-4-2-3-11(9-13)15(20)18-8-7-17-14-6-5-12(16)10-19-14/h2-6,9-10H,7-8,16H2,1H3,(H,17,19)(H,18,20). The second kappa shape index (κ2) is 7.14. The number of carbonyl (C=O) groups excluding carboxylic acids is 1. The Bertz CT molecular complexity index is 599. The Hall–Kier alpha value is -2.76. The van der Waals surface area contributed by atoms with Crippen LogP contribution < -0.4 is 21.1 Å². The number of amides is 1. The van der Waals surface area contributed by atoms with Gasteiger partial charge in [-0.3, -0.25) is 4.79 Å². The first-order valence-electron chi connectivity index (χ1n) is 6.56. The van der Waals surface area contributed by atoms with Crippen molar-refractivity contribution in [2.45, 2.75) is 0 Å². The lowest BCUT2D eigenvalue weighted by Gasteiger charge is -2.08. The molecule has 0 fully saturated rings. The largest absolute Gasteiger partial charge is 0.497 e. The van der Waals surface area contributed by atoms with E-state index in [9.17, 15) is 4.79 Å². The highest BCUT2D eigenvalue weighted by Crippen LogP contribution is 2.12. The second-order valence-corrected chi connectivity index (χ2v) is 4.39. The Kier molecular flexibility index (Phi) is 4.98. The zero-order chi connectivity index (χ0) is 15.1. The fraction of sp³-hybridized carbons (Fsp3) is 0.200. The van der Waals surface area contributed by atoms with Crippen molar-refractivity contribution in [3.8, 4) is 5.75 Å². The molecule has 110 valence electrons. The van der Waals surface area contributed by atoms with Gasteiger partial charge in [-0.1, -0.05) is 6.07 Å². The lowest BCUT2D eigenvalue weighted by Crippen LogP contribution is -2.28. The number of ether oxygens (including phenoxy) is 1. The van der Waals surface area contributed by atoms with E-state index in [0.717, 1.165) is 5.82 Å². The van der Waals surface area contributed by atoms with Crippen molar-refractivity contribution in [2.75, 3.05) is 31.2 Å². The third-order valence-electron chi connectivity index (χ3n) is 2.83. The van der Waals surface area contributed by atoms with Crippen LogP contribution in [0.1, 0.15) is 10.4 Å². The molecule has 1 amide bonds. The van der Waals surface area contributed by atoms with Gasteiger partial charge in [0.2, 0.25) is 0 Å². The Morgan fingerprint density at radius 3 is 2.86 bits per heavy atom. The first-order valence-corrected chi connectivity index (χ1v) is 6.56. The molecule has 1 aromatic carbocycles. The number of benzene rings is 1. The SMILES string of the molecule is COc1cccc(C(=O)NCCNc2ccc(N)cn2)c1. The van der Waals surface area contributed by atoms with E-state index in [1.54, 1.807) is 49.7 Å². The summed E-state index contributed by atoms with van der Waals surface area (Å²) in [7, 11) is 1.57. The van der Waals surface area contributed by atoms with Gasteiger partial charge in [0.25, 0.3) is 5.91 Å². The van der Waals surface area contributed by atoms with Crippen LogP contribution in [0.3, 0.4) is 0 Å². The van der Waals surface area contributed by atoms with Gasteiger partial charge in [-0.05, 0) is 30.3 Å². The number of carbonyl (C=O) groups is 1. The molecule has 0 atom stereocenters. The number of anilines is 2. The van der Waals surface area contributed by atoms with E-state index in [1.165, 1.54) is 0 Å². The van der Waals surface area contributed by atoms with E-state index in [0.29, 0.717) is 30.1 Å². The number of hydrogen-bond acceptors (Lipinski definition) is 5. The summed E-state index contributed by atoms with van der Waals surface area (Å²) in [5, 5.41) is 5.92. The maximum atomic E-state index is 11.9. The molecule has 0 spiro atoms. The molecule has 6 heteroatoms. The molecule has 2 aromatic rings. The van der Waals surface area contributed by atoms with Gasteiger partial charge in [0.05, 0.1) is 19.0 Å². The van der Waals surface area contributed by atoms with Crippen LogP contribution in [-0.4, -0.2) is 31.1 Å². The van der Waals surface area contributed by atoms with Crippen LogP contribution in [0.25, 0.3) is 0 Å². The van der Waals surface area contributed by atoms with Crippen molar-refractivity contribution in [1.29, 1.82) is 0 Å². The number of nitrogens with two attached hydrogens (primary N) is 1. The number of methoxy groups -OCH3 is 1. The number of pyridine rings is 1. The van der Waals surface area contributed by atoms with Crippen LogP contribution in [0.2, 0.25) is 0 Å². The average Bonchev–Trinajstić information content (AvgIpc) is 2.53. The van der Waals surface area contributed by atoms with Crippen molar-refractivity contribution in [3.05, 3.63) is 48.2 Å². The first-order chi connectivity index (χ1) is 10.2. The smallest absolute Gasteiger partial charge is 0.251 e. The summed E-state index contributed by atoms with van der Waals surface area (Å²) in [6.07, 6.45) is 1.58. The molecular weight excluding hydrogens is 268 g/mol. The summed E-state index contributed by atoms with van der Waals surface area (Å²) in [5.74, 6) is 1.24. The molecule has 0 saturated carbocycles. The van der Waals surface area contributed by atoms with E-state index >= 15 is 0 Å². The van der Waals surface area contributed by atoms with Gasteiger partial charge in [0, 0.05) is 18.7 Å². The van der Waals surface area contributed by atoms with Gasteiger partial charge in [-0.2, -0.15) is 0 Å². The van der Waals surface area contributed by atoms with Crippen LogP contribution in [0.15, 0.2) is 42.6 Å². The van der Waals surface area contributed by atoms with Gasteiger partial charge in [0.15, 0.2) is 0 Å². The summed E-state index contributed by atoms with van der Waals surface area (Å²) >= 11 is 0. The molecule has 2 rings (SSSR count). The number of nitrogens with zero attached hydrogens (tertiary/aromatic N) is 1. The number of rotatable bonds is 6. The van der Waals surface area contributed by atoms with Gasteiger partial charge >= 0.3 is 0 Å². The molecule has 1 heterocycles. The number of nitrogen functional groups attached to an aromatic ring is 1. The molecular formula is C15H18N4O2. The minimum Gasteiger partial charge on any atom is -0.497 e. The quantitative estimate of drug-likeness (QED) is 0.700. The van der Waals surface area contributed by atoms with E-state index < -0.39 is 0 Å². The normalized spacial score (nSPS) is 9.95. The molecule has 4 N–H and O–H groups in total.